The first-order chi connectivity index (χ1) is 13.2. The highest BCUT2D eigenvalue weighted by molar-refractivity contribution is 6.04. The number of benzene rings is 1. The van der Waals surface area contributed by atoms with Crippen LogP contribution in [0.4, 0.5) is 10.2 Å². The van der Waals surface area contributed by atoms with Crippen LogP contribution in [0, 0.1) is 11.7 Å². The molecule has 0 saturated heterocycles. The normalized spacial score (nSPS) is 12.4. The number of likely N-dealkylation sites (N-methyl/N-ethyl adjacent to an activating group) is 1. The van der Waals surface area contributed by atoms with E-state index < -0.39 is 5.82 Å². The Morgan fingerprint density at radius 1 is 1.29 bits per heavy atom. The number of hydrogen-bond donors (Lipinski definition) is 1. The van der Waals surface area contributed by atoms with Crippen molar-refractivity contribution in [3.05, 3.63) is 29.6 Å². The predicted molar refractivity (Wildman–Crippen MR) is 107 cm³/mol. The fourth-order valence-electron chi connectivity index (χ4n) is 3.09. The topological polar surface area (TPSA) is 70.8 Å². The van der Waals surface area contributed by atoms with Crippen molar-refractivity contribution in [2.75, 3.05) is 46.7 Å². The number of hydrogen-bond acceptors (Lipinski definition) is 6. The fourth-order valence-corrected chi connectivity index (χ4v) is 3.09. The second-order valence-electron chi connectivity index (χ2n) is 7.44. The van der Waals surface area contributed by atoms with Crippen LogP contribution in [0.15, 0.2) is 22.7 Å². The molecule has 2 rings (SSSR count). The number of halogens is 1. The summed E-state index contributed by atoms with van der Waals surface area (Å²) in [6.07, 6.45) is 0. The summed E-state index contributed by atoms with van der Waals surface area (Å²) in [5.74, 6) is 0.323. The number of aromatic nitrogens is 1. The molecule has 1 N–H and O–H groups in total. The number of nitrogens with zero attached hydrogens (tertiary/aromatic N) is 3. The Kier molecular flexibility index (Phi) is 7.01. The summed E-state index contributed by atoms with van der Waals surface area (Å²) >= 11 is 0. The number of anilines is 1. The summed E-state index contributed by atoms with van der Waals surface area (Å²) in [5.41, 5.74) is 0.817. The second-order valence-corrected chi connectivity index (χ2v) is 7.44. The quantitative estimate of drug-likeness (QED) is 0.745. The summed E-state index contributed by atoms with van der Waals surface area (Å²) in [5, 5.41) is 7.01. The summed E-state index contributed by atoms with van der Waals surface area (Å²) in [6, 6.07) is 4.48. The molecule has 0 bridgehead atoms. The molecular weight excluding hydrogens is 363 g/mol. The van der Waals surface area contributed by atoms with Gasteiger partial charge in [0.15, 0.2) is 23.1 Å². The molecule has 0 spiro atoms. The SMILES string of the molecule is COc1cc(-c2onc(N(C)C)c2C(=O)NCC(C(C)C)N(C)C)ccc1F. The Balaban J connectivity index is 2.40. The Labute approximate surface area is 165 Å². The van der Waals surface area contributed by atoms with Gasteiger partial charge in [0.05, 0.1) is 7.11 Å². The van der Waals surface area contributed by atoms with E-state index in [9.17, 15) is 9.18 Å². The molecule has 0 aliphatic carbocycles. The van der Waals surface area contributed by atoms with Crippen molar-refractivity contribution >= 4 is 11.7 Å². The lowest BCUT2D eigenvalue weighted by Crippen LogP contribution is -2.43. The molecule has 0 fully saturated rings. The minimum Gasteiger partial charge on any atom is -0.494 e. The minimum atomic E-state index is -0.490. The maximum atomic E-state index is 13.8. The first kappa shape index (κ1) is 21.7. The molecule has 1 amide bonds. The molecule has 0 saturated carbocycles. The van der Waals surface area contributed by atoms with Gasteiger partial charge in [0, 0.05) is 32.2 Å². The Morgan fingerprint density at radius 2 is 1.96 bits per heavy atom. The van der Waals surface area contributed by atoms with Crippen LogP contribution in [0.2, 0.25) is 0 Å². The van der Waals surface area contributed by atoms with Gasteiger partial charge >= 0.3 is 0 Å². The van der Waals surface area contributed by atoms with E-state index in [-0.39, 0.29) is 23.5 Å². The number of methoxy groups -OCH3 is 1. The third-order valence-corrected chi connectivity index (χ3v) is 4.64. The van der Waals surface area contributed by atoms with Crippen LogP contribution < -0.4 is 15.0 Å². The smallest absolute Gasteiger partial charge is 0.259 e. The number of nitrogens with one attached hydrogen (secondary N) is 1. The van der Waals surface area contributed by atoms with E-state index in [2.05, 4.69) is 29.2 Å². The highest BCUT2D eigenvalue weighted by Crippen LogP contribution is 2.33. The zero-order chi connectivity index (χ0) is 21.0. The maximum Gasteiger partial charge on any atom is 0.259 e. The van der Waals surface area contributed by atoms with E-state index in [1.54, 1.807) is 19.0 Å². The van der Waals surface area contributed by atoms with Crippen LogP contribution in [0.5, 0.6) is 5.75 Å². The number of carbonyl (C=O) groups is 1. The van der Waals surface area contributed by atoms with Gasteiger partial charge in [-0.25, -0.2) is 4.39 Å². The lowest BCUT2D eigenvalue weighted by molar-refractivity contribution is 0.0935. The van der Waals surface area contributed by atoms with E-state index in [1.807, 2.05) is 14.1 Å². The average Bonchev–Trinajstić information content (AvgIpc) is 3.07. The molecule has 1 unspecified atom stereocenters. The highest BCUT2D eigenvalue weighted by Gasteiger charge is 2.27. The van der Waals surface area contributed by atoms with E-state index in [0.717, 1.165) is 0 Å². The molecule has 28 heavy (non-hydrogen) atoms. The Morgan fingerprint density at radius 3 is 2.50 bits per heavy atom. The molecule has 0 aliphatic rings. The lowest BCUT2D eigenvalue weighted by atomic mass is 10.0. The van der Waals surface area contributed by atoms with Gasteiger partial charge in [-0.3, -0.25) is 4.79 Å². The van der Waals surface area contributed by atoms with Gasteiger partial charge in [0.1, 0.15) is 5.56 Å². The van der Waals surface area contributed by atoms with Gasteiger partial charge in [0.25, 0.3) is 5.91 Å². The molecule has 7 nitrogen and oxygen atoms in total. The van der Waals surface area contributed by atoms with Crippen LogP contribution in [0.3, 0.4) is 0 Å². The monoisotopic (exact) mass is 392 g/mol. The van der Waals surface area contributed by atoms with Gasteiger partial charge in [-0.15, -0.1) is 0 Å². The van der Waals surface area contributed by atoms with Crippen molar-refractivity contribution in [2.24, 2.45) is 5.92 Å². The highest BCUT2D eigenvalue weighted by atomic mass is 19.1. The number of amides is 1. The van der Waals surface area contributed by atoms with Gasteiger partial charge in [-0.2, -0.15) is 0 Å². The zero-order valence-corrected chi connectivity index (χ0v) is 17.5. The molecule has 1 aromatic heterocycles. The van der Waals surface area contributed by atoms with Crippen LogP contribution in [0.1, 0.15) is 24.2 Å². The molecule has 154 valence electrons. The van der Waals surface area contributed by atoms with Gasteiger partial charge < -0.3 is 24.4 Å². The summed E-state index contributed by atoms with van der Waals surface area (Å²) in [6.45, 7) is 4.70. The zero-order valence-electron chi connectivity index (χ0n) is 17.5. The van der Waals surface area contributed by atoms with Crippen molar-refractivity contribution < 1.29 is 18.4 Å². The summed E-state index contributed by atoms with van der Waals surface area (Å²) in [7, 11) is 8.91. The van der Waals surface area contributed by atoms with Crippen LogP contribution in [-0.4, -0.2) is 63.9 Å². The van der Waals surface area contributed by atoms with Crippen molar-refractivity contribution in [3.63, 3.8) is 0 Å². The van der Waals surface area contributed by atoms with Crippen molar-refractivity contribution in [1.29, 1.82) is 0 Å². The number of rotatable bonds is 8. The third-order valence-electron chi connectivity index (χ3n) is 4.64. The van der Waals surface area contributed by atoms with Gasteiger partial charge in [-0.05, 0) is 38.2 Å². The Bertz CT molecular complexity index is 810. The van der Waals surface area contributed by atoms with Crippen LogP contribution >= 0.6 is 0 Å². The molecule has 0 radical (unpaired) electrons. The average molecular weight is 392 g/mol. The van der Waals surface area contributed by atoms with Crippen LogP contribution in [0.25, 0.3) is 11.3 Å². The second kappa shape index (κ2) is 9.05. The number of ether oxygens (including phenoxy) is 1. The molecule has 0 aliphatic heterocycles. The first-order valence-corrected chi connectivity index (χ1v) is 9.12. The van der Waals surface area contributed by atoms with Gasteiger partial charge in [0.2, 0.25) is 0 Å². The summed E-state index contributed by atoms with van der Waals surface area (Å²) < 4.78 is 24.3. The Hall–Kier alpha value is -2.61. The largest absolute Gasteiger partial charge is 0.494 e. The van der Waals surface area contributed by atoms with Crippen LogP contribution in [-0.2, 0) is 0 Å². The van der Waals surface area contributed by atoms with E-state index in [0.29, 0.717) is 29.4 Å². The number of carbonyl (C=O) groups excluding carboxylic acids is 1. The maximum absolute atomic E-state index is 13.8. The summed E-state index contributed by atoms with van der Waals surface area (Å²) in [4.78, 5) is 16.8. The molecule has 1 heterocycles. The predicted octanol–water partition coefficient (Wildman–Crippen LogP) is 2.87. The van der Waals surface area contributed by atoms with Gasteiger partial charge in [-0.1, -0.05) is 19.0 Å². The fraction of sp³-hybridized carbons (Fsp3) is 0.500. The minimum absolute atomic E-state index is 0.0686. The molecule has 2 aromatic rings. The molecule has 1 atom stereocenters. The van der Waals surface area contributed by atoms with Crippen molar-refractivity contribution in [2.45, 2.75) is 19.9 Å². The molecule has 8 heteroatoms. The first-order valence-electron chi connectivity index (χ1n) is 9.12. The third kappa shape index (κ3) is 4.62. The molecule has 1 aromatic carbocycles. The van der Waals surface area contributed by atoms with Crippen molar-refractivity contribution in [1.82, 2.24) is 15.4 Å². The standard InChI is InChI=1S/C20H29FN4O3/c1-12(2)15(24(3)4)11-22-20(26)17-18(28-23-19(17)25(5)6)13-8-9-14(21)16(10-13)27-7/h8-10,12,15H,11H2,1-7H3,(H,22,26). The van der Waals surface area contributed by atoms with Crippen molar-refractivity contribution in [3.8, 4) is 17.1 Å². The lowest BCUT2D eigenvalue weighted by Gasteiger charge is -2.28. The van der Waals surface area contributed by atoms with E-state index in [4.69, 9.17) is 9.26 Å². The van der Waals surface area contributed by atoms with E-state index >= 15 is 0 Å². The molecular formula is C20H29FN4O3. The van der Waals surface area contributed by atoms with E-state index in [1.165, 1.54) is 25.3 Å².